The lowest BCUT2D eigenvalue weighted by molar-refractivity contribution is -0.135. The third kappa shape index (κ3) is 11.4. The number of carboxylic acid groups (broad SMARTS) is 3. The van der Waals surface area contributed by atoms with Gasteiger partial charge in [-0.05, 0) is 13.8 Å². The topological polar surface area (TPSA) is 138 Å². The van der Waals surface area contributed by atoms with Crippen molar-refractivity contribution in [3.63, 3.8) is 0 Å². The fraction of sp³-hybridized carbons (Fsp3) is 0.200. The molecule has 0 saturated carbocycles. The van der Waals surface area contributed by atoms with E-state index in [-0.39, 0.29) is 11.1 Å². The molecule has 100 valence electrons. The third-order valence-electron chi connectivity index (χ3n) is 1.21. The molecule has 0 aromatic carbocycles. The van der Waals surface area contributed by atoms with Crippen LogP contribution >= 0.6 is 0 Å². The molecule has 0 fully saturated rings. The van der Waals surface area contributed by atoms with Crippen LogP contribution in [0.4, 0.5) is 4.79 Å². The Kier molecular flexibility index (Phi) is 8.38. The standard InChI is InChI=1S/2C5H6O4/c1-3(2)4(6)9-5(7)8;1-3(5(8)9)2-4(6)7/h1H2,2H3,(H,7,8);2H,1H3,(H,6,7)(H,8,9). The molecule has 0 unspecified atom stereocenters. The monoisotopic (exact) mass is 260 g/mol. The minimum Gasteiger partial charge on any atom is -0.478 e. The molecule has 0 aromatic rings. The van der Waals surface area contributed by atoms with Crippen molar-refractivity contribution in [2.75, 3.05) is 0 Å². The normalized spacial score (nSPS) is 9.56. The van der Waals surface area contributed by atoms with E-state index < -0.39 is 24.1 Å². The molecule has 0 aromatic heterocycles. The summed E-state index contributed by atoms with van der Waals surface area (Å²) in [4.78, 5) is 39.6. The molecule has 8 nitrogen and oxygen atoms in total. The highest BCUT2D eigenvalue weighted by Gasteiger charge is 2.07. The Labute approximate surface area is 102 Å². The first-order valence-electron chi connectivity index (χ1n) is 4.33. The average molecular weight is 260 g/mol. The van der Waals surface area contributed by atoms with Gasteiger partial charge >= 0.3 is 24.1 Å². The van der Waals surface area contributed by atoms with Crippen molar-refractivity contribution in [1.82, 2.24) is 0 Å². The number of carbonyl (C=O) groups excluding carboxylic acids is 1. The minimum atomic E-state index is -1.61. The molecule has 0 amide bonds. The fourth-order valence-corrected chi connectivity index (χ4v) is 0.413. The second-order valence-electron chi connectivity index (χ2n) is 2.91. The predicted octanol–water partition coefficient (Wildman–Crippen LogP) is 0.886. The number of ether oxygens (including phenoxy) is 1. The first-order chi connectivity index (χ1) is 8.07. The van der Waals surface area contributed by atoms with Crippen molar-refractivity contribution in [3.05, 3.63) is 23.8 Å². The van der Waals surface area contributed by atoms with Gasteiger partial charge in [-0.1, -0.05) is 6.58 Å². The van der Waals surface area contributed by atoms with Gasteiger partial charge in [0.2, 0.25) is 0 Å². The van der Waals surface area contributed by atoms with Gasteiger partial charge in [-0.25, -0.2) is 19.2 Å². The number of carbonyl (C=O) groups is 4. The fourth-order valence-electron chi connectivity index (χ4n) is 0.413. The van der Waals surface area contributed by atoms with Gasteiger partial charge in [0.05, 0.1) is 0 Å². The molecule has 18 heavy (non-hydrogen) atoms. The summed E-state index contributed by atoms with van der Waals surface area (Å²) < 4.78 is 3.69. The van der Waals surface area contributed by atoms with E-state index in [0.717, 1.165) is 0 Å². The zero-order valence-corrected chi connectivity index (χ0v) is 9.67. The number of rotatable bonds is 3. The SMILES string of the molecule is C=C(C)C(=O)OC(=O)O.CC(=CC(=O)O)C(=O)O. The number of aliphatic carboxylic acids is 2. The van der Waals surface area contributed by atoms with Crippen molar-refractivity contribution >= 4 is 24.1 Å². The van der Waals surface area contributed by atoms with Crippen LogP contribution in [0.3, 0.4) is 0 Å². The predicted molar refractivity (Wildman–Crippen MR) is 58.0 cm³/mol. The summed E-state index contributed by atoms with van der Waals surface area (Å²) in [5.74, 6) is -3.37. The van der Waals surface area contributed by atoms with Gasteiger partial charge in [0, 0.05) is 17.2 Å². The lowest BCUT2D eigenvalue weighted by Gasteiger charge is -1.93. The van der Waals surface area contributed by atoms with E-state index in [0.29, 0.717) is 6.08 Å². The van der Waals surface area contributed by atoms with E-state index in [1.165, 1.54) is 13.8 Å². The van der Waals surface area contributed by atoms with Gasteiger partial charge in [-0.2, -0.15) is 0 Å². The molecule has 0 saturated heterocycles. The summed E-state index contributed by atoms with van der Waals surface area (Å²) >= 11 is 0. The Morgan fingerprint density at radius 3 is 1.61 bits per heavy atom. The van der Waals surface area contributed by atoms with Crippen LogP contribution in [0.15, 0.2) is 23.8 Å². The highest BCUT2D eigenvalue weighted by Crippen LogP contribution is 1.91. The van der Waals surface area contributed by atoms with E-state index in [1.807, 2.05) is 0 Å². The summed E-state index contributed by atoms with van der Waals surface area (Å²) in [7, 11) is 0. The lowest BCUT2D eigenvalue weighted by atomic mass is 10.3. The molecule has 0 aliphatic carbocycles. The molecular formula is C10H12O8. The average Bonchev–Trinajstić information content (AvgIpc) is 2.16. The van der Waals surface area contributed by atoms with Gasteiger partial charge in [0.15, 0.2) is 0 Å². The molecule has 0 aliphatic rings. The van der Waals surface area contributed by atoms with Crippen LogP contribution in [0.5, 0.6) is 0 Å². The van der Waals surface area contributed by atoms with E-state index >= 15 is 0 Å². The van der Waals surface area contributed by atoms with E-state index in [4.69, 9.17) is 15.3 Å². The molecule has 0 bridgehead atoms. The minimum absolute atomic E-state index is 0.0670. The quantitative estimate of drug-likeness (QED) is 0.386. The molecule has 0 rings (SSSR count). The van der Waals surface area contributed by atoms with Gasteiger partial charge in [-0.15, -0.1) is 0 Å². The van der Waals surface area contributed by atoms with Crippen LogP contribution in [-0.2, 0) is 19.1 Å². The van der Waals surface area contributed by atoms with Crippen molar-refractivity contribution in [2.24, 2.45) is 0 Å². The summed E-state index contributed by atoms with van der Waals surface area (Å²) in [5, 5.41) is 23.9. The highest BCUT2D eigenvalue weighted by molar-refractivity contribution is 5.94. The summed E-state index contributed by atoms with van der Waals surface area (Å²) in [6.45, 7) is 5.76. The van der Waals surface area contributed by atoms with Crippen LogP contribution < -0.4 is 0 Å². The van der Waals surface area contributed by atoms with E-state index in [9.17, 15) is 19.2 Å². The van der Waals surface area contributed by atoms with E-state index in [1.54, 1.807) is 0 Å². The molecule has 0 atom stereocenters. The van der Waals surface area contributed by atoms with Crippen LogP contribution in [0.1, 0.15) is 13.8 Å². The van der Waals surface area contributed by atoms with Crippen LogP contribution in [0.25, 0.3) is 0 Å². The lowest BCUT2D eigenvalue weighted by Crippen LogP contribution is -2.09. The Balaban J connectivity index is 0. The maximum absolute atomic E-state index is 10.3. The molecule has 0 aliphatic heterocycles. The van der Waals surface area contributed by atoms with Crippen molar-refractivity contribution in [2.45, 2.75) is 13.8 Å². The Hall–Kier alpha value is -2.64. The summed E-state index contributed by atoms with van der Waals surface area (Å²) in [6.07, 6.45) is -0.967. The Morgan fingerprint density at radius 2 is 1.50 bits per heavy atom. The number of esters is 1. The van der Waals surface area contributed by atoms with Crippen LogP contribution in [-0.4, -0.2) is 39.4 Å². The Bertz CT molecular complexity index is 404. The largest absolute Gasteiger partial charge is 0.513 e. The first-order valence-corrected chi connectivity index (χ1v) is 4.33. The number of carboxylic acids is 2. The van der Waals surface area contributed by atoms with Gasteiger partial charge in [0.25, 0.3) is 0 Å². The van der Waals surface area contributed by atoms with Gasteiger partial charge < -0.3 is 20.1 Å². The second-order valence-corrected chi connectivity index (χ2v) is 2.91. The molecule has 8 heteroatoms. The summed E-state index contributed by atoms with van der Waals surface area (Å²) in [5.41, 5.74) is -0.111. The van der Waals surface area contributed by atoms with Crippen molar-refractivity contribution in [1.29, 1.82) is 0 Å². The first kappa shape index (κ1) is 17.7. The molecule has 0 radical (unpaired) electrons. The molecule has 0 heterocycles. The maximum Gasteiger partial charge on any atom is 0.513 e. The van der Waals surface area contributed by atoms with Gasteiger partial charge in [0.1, 0.15) is 0 Å². The van der Waals surface area contributed by atoms with E-state index in [2.05, 4.69) is 11.3 Å². The van der Waals surface area contributed by atoms with Crippen molar-refractivity contribution < 1.29 is 39.2 Å². The molecule has 3 N–H and O–H groups in total. The number of hydrogen-bond donors (Lipinski definition) is 3. The van der Waals surface area contributed by atoms with Crippen LogP contribution in [0.2, 0.25) is 0 Å². The highest BCUT2D eigenvalue weighted by atomic mass is 16.7. The molecular weight excluding hydrogens is 248 g/mol. The maximum atomic E-state index is 10.3. The smallest absolute Gasteiger partial charge is 0.478 e. The number of hydrogen-bond acceptors (Lipinski definition) is 5. The second kappa shape index (κ2) is 8.50. The zero-order valence-electron chi connectivity index (χ0n) is 9.67. The molecule has 0 spiro atoms. The van der Waals surface area contributed by atoms with Crippen molar-refractivity contribution in [3.8, 4) is 0 Å². The third-order valence-corrected chi connectivity index (χ3v) is 1.21. The Morgan fingerprint density at radius 1 is 1.06 bits per heavy atom. The van der Waals surface area contributed by atoms with Gasteiger partial charge in [-0.3, -0.25) is 0 Å². The van der Waals surface area contributed by atoms with Crippen LogP contribution in [0, 0.1) is 0 Å². The zero-order chi connectivity index (χ0) is 14.9. The summed E-state index contributed by atoms with van der Waals surface area (Å²) in [6, 6.07) is 0.